The fraction of sp³-hybridized carbons (Fsp3) is 0.381. The lowest BCUT2D eigenvalue weighted by molar-refractivity contribution is -0.274. The Balaban J connectivity index is 1.32. The normalized spacial score (nSPS) is 18.7. The molecule has 4 rings (SSSR count). The van der Waals surface area contributed by atoms with Gasteiger partial charge >= 0.3 is 12.4 Å². The van der Waals surface area contributed by atoms with Crippen molar-refractivity contribution in [1.82, 2.24) is 4.90 Å². The predicted molar refractivity (Wildman–Crippen MR) is 121 cm³/mol. The van der Waals surface area contributed by atoms with E-state index >= 15 is 0 Å². The maximum Gasteiger partial charge on any atom is 0.573 e. The van der Waals surface area contributed by atoms with Crippen LogP contribution in [0, 0.1) is 0 Å². The molecule has 1 unspecified atom stereocenters. The van der Waals surface area contributed by atoms with Crippen LogP contribution < -0.4 is 26.0 Å². The molecule has 4 N–H and O–H groups in total. The summed E-state index contributed by atoms with van der Waals surface area (Å²) in [6, 6.07) is 9.95. The van der Waals surface area contributed by atoms with Gasteiger partial charge in [0.1, 0.15) is 11.2 Å². The van der Waals surface area contributed by atoms with E-state index in [1.807, 2.05) is 12.1 Å². The molecule has 12 heteroatoms. The first-order chi connectivity index (χ1) is 15.8. The van der Waals surface area contributed by atoms with Crippen molar-refractivity contribution in [2.45, 2.75) is 16.8 Å². The summed E-state index contributed by atoms with van der Waals surface area (Å²) in [6.45, 7) is 5.02. The summed E-state index contributed by atoms with van der Waals surface area (Å²) in [7, 11) is 0. The van der Waals surface area contributed by atoms with E-state index in [2.05, 4.69) is 25.2 Å². The molecule has 0 aliphatic carbocycles. The topological polar surface area (TPSA) is 92.1 Å². The molecule has 178 valence electrons. The third-order valence-electron chi connectivity index (χ3n) is 5.19. The number of carbonyl (C=O) groups is 1. The molecule has 2 aliphatic heterocycles. The zero-order chi connectivity index (χ0) is 23.4. The zero-order valence-corrected chi connectivity index (χ0v) is 18.4. The lowest BCUT2D eigenvalue weighted by Gasteiger charge is -2.30. The van der Waals surface area contributed by atoms with Gasteiger partial charge in [0.25, 0.3) is 0 Å². The smallest absolute Gasteiger partial charge is 0.406 e. The highest BCUT2D eigenvalue weighted by Gasteiger charge is 2.31. The molecule has 2 aromatic carbocycles. The number of halogens is 3. The van der Waals surface area contributed by atoms with E-state index in [9.17, 15) is 18.0 Å². The lowest BCUT2D eigenvalue weighted by atomic mass is 10.2. The largest absolute Gasteiger partial charge is 0.573 e. The van der Waals surface area contributed by atoms with Crippen LogP contribution in [-0.4, -0.2) is 62.2 Å². The minimum absolute atomic E-state index is 0.206. The number of morpholine rings is 1. The molecular weight excluding hydrogens is 459 g/mol. The second kappa shape index (κ2) is 10.1. The van der Waals surface area contributed by atoms with Gasteiger partial charge in [-0.3, -0.25) is 4.90 Å². The number of alkyl halides is 3. The second-order valence-corrected chi connectivity index (χ2v) is 8.65. The van der Waals surface area contributed by atoms with Crippen molar-refractivity contribution in [3.8, 4) is 5.75 Å². The van der Waals surface area contributed by atoms with Gasteiger partial charge < -0.3 is 30.7 Å². The van der Waals surface area contributed by atoms with Gasteiger partial charge in [-0.05, 0) is 42.5 Å². The van der Waals surface area contributed by atoms with E-state index in [0.29, 0.717) is 11.4 Å². The molecule has 33 heavy (non-hydrogen) atoms. The number of hydrogen-bond acceptors (Lipinski definition) is 7. The number of rotatable bonds is 6. The van der Waals surface area contributed by atoms with Crippen molar-refractivity contribution < 1.29 is 27.4 Å². The third kappa shape index (κ3) is 6.44. The predicted octanol–water partition coefficient (Wildman–Crippen LogP) is 3.72. The van der Waals surface area contributed by atoms with Crippen LogP contribution in [0.15, 0.2) is 47.4 Å². The van der Waals surface area contributed by atoms with Crippen LogP contribution in [0.4, 0.5) is 35.0 Å². The molecule has 8 nitrogen and oxygen atoms in total. The SMILES string of the molecule is NC1Sc2cc(NC(=O)Nc3ccc(OC(F)(F)F)cc3)ccc2N1CCN1CCOCC1. The molecule has 0 bridgehead atoms. The summed E-state index contributed by atoms with van der Waals surface area (Å²) in [5.74, 6) is -0.362. The number of carbonyl (C=O) groups excluding carboxylic acids is 1. The first-order valence-electron chi connectivity index (χ1n) is 10.3. The van der Waals surface area contributed by atoms with E-state index in [1.165, 1.54) is 23.9 Å². The minimum atomic E-state index is -4.77. The number of thioether (sulfide) groups is 1. The Kier molecular flexibility index (Phi) is 7.17. The van der Waals surface area contributed by atoms with Crippen molar-refractivity contribution in [3.05, 3.63) is 42.5 Å². The second-order valence-electron chi connectivity index (χ2n) is 7.49. The number of fused-ring (bicyclic) bond motifs is 1. The summed E-state index contributed by atoms with van der Waals surface area (Å²) < 4.78 is 45.9. The first kappa shape index (κ1) is 23.5. The number of hydrogen-bond donors (Lipinski definition) is 3. The molecule has 2 heterocycles. The van der Waals surface area contributed by atoms with Crippen LogP contribution in [0.5, 0.6) is 5.75 Å². The maximum absolute atomic E-state index is 12.3. The van der Waals surface area contributed by atoms with Crippen LogP contribution in [0.1, 0.15) is 0 Å². The molecule has 2 aliphatic rings. The number of urea groups is 1. The number of benzene rings is 2. The van der Waals surface area contributed by atoms with Gasteiger partial charge in [-0.25, -0.2) is 4.79 Å². The van der Waals surface area contributed by atoms with Gasteiger partial charge in [0, 0.05) is 42.4 Å². The Morgan fingerprint density at radius 1 is 1.09 bits per heavy atom. The zero-order valence-electron chi connectivity index (χ0n) is 17.6. The van der Waals surface area contributed by atoms with Gasteiger partial charge in [0.15, 0.2) is 0 Å². The Morgan fingerprint density at radius 2 is 1.76 bits per heavy atom. The maximum atomic E-state index is 12.3. The van der Waals surface area contributed by atoms with Gasteiger partial charge in [-0.2, -0.15) is 0 Å². The number of anilines is 3. The van der Waals surface area contributed by atoms with Crippen LogP contribution in [0.25, 0.3) is 0 Å². The van der Waals surface area contributed by atoms with E-state index in [4.69, 9.17) is 10.5 Å². The highest BCUT2D eigenvalue weighted by molar-refractivity contribution is 8.00. The van der Waals surface area contributed by atoms with Crippen LogP contribution in [0.2, 0.25) is 0 Å². The highest BCUT2D eigenvalue weighted by atomic mass is 32.2. The Hall–Kier alpha value is -2.67. The van der Waals surface area contributed by atoms with Crippen molar-refractivity contribution >= 4 is 34.9 Å². The standard InChI is InChI=1S/C21H24F3N5O3S/c22-21(23,24)32-16-4-1-14(2-5-16)26-20(30)27-15-3-6-17-18(13-15)33-19(25)29(17)8-7-28-9-11-31-12-10-28/h1-6,13,19H,7-12,25H2,(H2,26,27,30). The summed E-state index contributed by atoms with van der Waals surface area (Å²) >= 11 is 1.52. The molecule has 0 radical (unpaired) electrons. The number of amides is 2. The molecule has 0 aromatic heterocycles. The third-order valence-corrected chi connectivity index (χ3v) is 6.27. The summed E-state index contributed by atoms with van der Waals surface area (Å²) in [5, 5.41) is 5.31. The monoisotopic (exact) mass is 483 g/mol. The summed E-state index contributed by atoms with van der Waals surface area (Å²) in [5.41, 5.74) is 8.04. The molecule has 0 spiro atoms. The molecule has 1 atom stereocenters. The molecule has 1 saturated heterocycles. The van der Waals surface area contributed by atoms with Gasteiger partial charge in [0.2, 0.25) is 0 Å². The van der Waals surface area contributed by atoms with Crippen molar-refractivity contribution in [1.29, 1.82) is 0 Å². The van der Waals surface area contributed by atoms with E-state index in [-0.39, 0.29) is 11.2 Å². The Labute approximate surface area is 193 Å². The average Bonchev–Trinajstić information content (AvgIpc) is 3.07. The summed E-state index contributed by atoms with van der Waals surface area (Å²) in [4.78, 5) is 17.8. The number of nitrogens with one attached hydrogen (secondary N) is 2. The van der Waals surface area contributed by atoms with E-state index < -0.39 is 12.4 Å². The summed E-state index contributed by atoms with van der Waals surface area (Å²) in [6.07, 6.45) is -4.77. The van der Waals surface area contributed by atoms with E-state index in [0.717, 1.165) is 62.1 Å². The quantitative estimate of drug-likeness (QED) is 0.577. The van der Waals surface area contributed by atoms with Crippen LogP contribution >= 0.6 is 11.8 Å². The molecule has 2 aromatic rings. The van der Waals surface area contributed by atoms with Crippen molar-refractivity contribution in [2.75, 3.05) is 54.9 Å². The molecule has 0 saturated carbocycles. The molecular formula is C21H24F3N5O3S. The fourth-order valence-electron chi connectivity index (χ4n) is 3.61. The van der Waals surface area contributed by atoms with Crippen LogP contribution in [-0.2, 0) is 4.74 Å². The number of nitrogens with zero attached hydrogens (tertiary/aromatic N) is 2. The first-order valence-corrected chi connectivity index (χ1v) is 11.2. The number of ether oxygens (including phenoxy) is 2. The van der Waals surface area contributed by atoms with Gasteiger partial charge in [-0.15, -0.1) is 13.2 Å². The fourth-order valence-corrected chi connectivity index (χ4v) is 4.72. The lowest BCUT2D eigenvalue weighted by Crippen LogP contribution is -2.44. The molecule has 1 fully saturated rings. The average molecular weight is 484 g/mol. The Bertz CT molecular complexity index is 971. The minimum Gasteiger partial charge on any atom is -0.406 e. The van der Waals surface area contributed by atoms with Crippen LogP contribution in [0.3, 0.4) is 0 Å². The van der Waals surface area contributed by atoms with Gasteiger partial charge in [-0.1, -0.05) is 11.8 Å². The van der Waals surface area contributed by atoms with E-state index in [1.54, 1.807) is 6.07 Å². The van der Waals surface area contributed by atoms with Crippen molar-refractivity contribution in [3.63, 3.8) is 0 Å². The van der Waals surface area contributed by atoms with Crippen molar-refractivity contribution in [2.24, 2.45) is 5.73 Å². The molecule has 2 amide bonds. The highest BCUT2D eigenvalue weighted by Crippen LogP contribution is 2.42. The van der Waals surface area contributed by atoms with Gasteiger partial charge in [0.05, 0.1) is 18.9 Å². The Morgan fingerprint density at radius 3 is 2.45 bits per heavy atom. The number of nitrogens with two attached hydrogens (primary N) is 1.